The molecule has 5 aliphatic rings. The largest absolute Gasteiger partial charge is 0.494 e. The molecule has 0 spiro atoms. The van der Waals surface area contributed by atoms with E-state index in [4.69, 9.17) is 4.74 Å². The highest BCUT2D eigenvalue weighted by molar-refractivity contribution is 6.06. The molecule has 9 nitrogen and oxygen atoms in total. The third-order valence-electron chi connectivity index (χ3n) is 6.99. The van der Waals surface area contributed by atoms with Crippen LogP contribution in [-0.4, -0.2) is 41.2 Å². The molecule has 4 aliphatic carbocycles. The minimum Gasteiger partial charge on any atom is -0.494 e. The van der Waals surface area contributed by atoms with Gasteiger partial charge in [-0.15, -0.1) is 0 Å². The predicted octanol–water partition coefficient (Wildman–Crippen LogP) is 1.99. The van der Waals surface area contributed by atoms with Gasteiger partial charge in [-0.1, -0.05) is 12.2 Å². The summed E-state index contributed by atoms with van der Waals surface area (Å²) in [6.45, 7) is 0.0283. The Morgan fingerprint density at radius 3 is 2.40 bits per heavy atom. The highest BCUT2D eigenvalue weighted by Gasteiger charge is 2.66. The van der Waals surface area contributed by atoms with E-state index in [0.29, 0.717) is 17.5 Å². The van der Waals surface area contributed by atoms with E-state index in [2.05, 4.69) is 17.5 Å². The third kappa shape index (κ3) is 2.72. The number of carbonyl (C=O) groups excluding carboxylic acids is 3. The van der Waals surface area contributed by atoms with Gasteiger partial charge in [0.05, 0.1) is 35.6 Å². The molecular weight excluding hydrogens is 390 g/mol. The van der Waals surface area contributed by atoms with Crippen molar-refractivity contribution in [3.05, 3.63) is 40.5 Å². The van der Waals surface area contributed by atoms with Crippen molar-refractivity contribution in [1.29, 1.82) is 0 Å². The predicted molar refractivity (Wildman–Crippen MR) is 104 cm³/mol. The molecule has 0 unspecified atom stereocenters. The molecule has 0 radical (unpaired) electrons. The molecule has 0 aromatic heterocycles. The summed E-state index contributed by atoms with van der Waals surface area (Å²) >= 11 is 0. The van der Waals surface area contributed by atoms with Crippen LogP contribution in [0.1, 0.15) is 12.8 Å². The zero-order chi connectivity index (χ0) is 21.2. The van der Waals surface area contributed by atoms with E-state index in [1.54, 1.807) is 0 Å². The smallest absolute Gasteiger partial charge is 0.273 e. The number of hydrogen-bond donors (Lipinski definition) is 1. The minimum absolute atomic E-state index is 0.0283. The van der Waals surface area contributed by atoms with Crippen LogP contribution in [0.5, 0.6) is 5.75 Å². The van der Waals surface area contributed by atoms with Crippen LogP contribution < -0.4 is 10.1 Å². The normalized spacial score (nSPS) is 32.6. The Morgan fingerprint density at radius 2 is 1.83 bits per heavy atom. The van der Waals surface area contributed by atoms with Gasteiger partial charge in [0.15, 0.2) is 0 Å². The zero-order valence-corrected chi connectivity index (χ0v) is 16.3. The van der Waals surface area contributed by atoms with Crippen molar-refractivity contribution in [3.8, 4) is 5.75 Å². The number of hydrogen-bond acceptors (Lipinski definition) is 6. The van der Waals surface area contributed by atoms with Crippen LogP contribution in [0.2, 0.25) is 0 Å². The number of rotatable bonds is 6. The van der Waals surface area contributed by atoms with Crippen molar-refractivity contribution in [2.45, 2.75) is 12.8 Å². The lowest BCUT2D eigenvalue weighted by molar-refractivity contribution is -0.384. The lowest BCUT2D eigenvalue weighted by atomic mass is 9.63. The Hall–Kier alpha value is -3.23. The van der Waals surface area contributed by atoms with Crippen molar-refractivity contribution in [1.82, 2.24) is 4.90 Å². The Morgan fingerprint density at radius 1 is 1.20 bits per heavy atom. The summed E-state index contributed by atoms with van der Waals surface area (Å²) in [6.07, 6.45) is 5.28. The van der Waals surface area contributed by atoms with Crippen molar-refractivity contribution in [2.24, 2.45) is 35.5 Å². The molecule has 6 atom stereocenters. The van der Waals surface area contributed by atoms with E-state index in [9.17, 15) is 24.5 Å². The van der Waals surface area contributed by atoms with Crippen molar-refractivity contribution >= 4 is 29.1 Å². The minimum atomic E-state index is -0.551. The number of anilines is 1. The number of nitro groups is 1. The van der Waals surface area contributed by atoms with Gasteiger partial charge in [0.1, 0.15) is 5.75 Å². The molecule has 30 heavy (non-hydrogen) atoms. The first kappa shape index (κ1) is 18.8. The first-order chi connectivity index (χ1) is 14.4. The number of allylic oxidation sites excluding steroid dienone is 2. The summed E-state index contributed by atoms with van der Waals surface area (Å²) in [4.78, 5) is 49.9. The number of non-ortho nitro benzene ring substituents is 1. The van der Waals surface area contributed by atoms with Crippen LogP contribution >= 0.6 is 0 Å². The quantitative estimate of drug-likeness (QED) is 0.331. The van der Waals surface area contributed by atoms with Crippen LogP contribution in [-0.2, 0) is 14.4 Å². The molecular formula is C21H21N3O6. The second kappa shape index (κ2) is 6.65. The first-order valence-corrected chi connectivity index (χ1v) is 10.1. The van der Waals surface area contributed by atoms with Crippen molar-refractivity contribution in [3.63, 3.8) is 0 Å². The molecule has 1 N–H and O–H groups in total. The summed E-state index contributed by atoms with van der Waals surface area (Å²) in [7, 11) is 1.35. The van der Waals surface area contributed by atoms with Crippen molar-refractivity contribution in [2.75, 3.05) is 19.0 Å². The molecule has 3 fully saturated rings. The summed E-state index contributed by atoms with van der Waals surface area (Å²) in [5.74, 6) is 0.301. The Balaban J connectivity index is 1.24. The molecule has 2 bridgehead atoms. The molecule has 9 heteroatoms. The molecule has 1 heterocycles. The Bertz CT molecular complexity index is 968. The van der Waals surface area contributed by atoms with E-state index in [1.165, 1.54) is 30.2 Å². The lowest BCUT2D eigenvalue weighted by Gasteiger charge is -2.37. The number of nitro benzene ring substituents is 1. The second-order valence-corrected chi connectivity index (χ2v) is 8.42. The van der Waals surface area contributed by atoms with Crippen LogP contribution in [0.25, 0.3) is 0 Å². The highest BCUT2D eigenvalue weighted by atomic mass is 16.6. The van der Waals surface area contributed by atoms with E-state index >= 15 is 0 Å². The second-order valence-electron chi connectivity index (χ2n) is 8.42. The van der Waals surface area contributed by atoms with E-state index in [0.717, 1.165) is 6.42 Å². The Kier molecular flexibility index (Phi) is 4.16. The van der Waals surface area contributed by atoms with E-state index in [-0.39, 0.29) is 59.9 Å². The average molecular weight is 411 g/mol. The molecule has 1 aliphatic heterocycles. The number of carbonyl (C=O) groups is 3. The third-order valence-corrected chi connectivity index (χ3v) is 6.99. The van der Waals surface area contributed by atoms with Gasteiger partial charge in [-0.3, -0.25) is 29.4 Å². The number of nitrogens with zero attached hydrogens (tertiary/aromatic N) is 2. The van der Waals surface area contributed by atoms with Gasteiger partial charge < -0.3 is 10.1 Å². The molecule has 156 valence electrons. The lowest BCUT2D eigenvalue weighted by Crippen LogP contribution is -2.40. The number of amides is 3. The van der Waals surface area contributed by atoms with Gasteiger partial charge in [-0.05, 0) is 36.2 Å². The standard InChI is InChI=1S/C21H21N3O6/c1-30-16-8-10(24(28)29)2-5-15(16)22-17(25)6-7-23-20(26)18-11-3-4-12(14-9-13(11)14)19(18)21(23)27/h2-5,8,11-14,18-19H,6-7,9H2,1H3,(H,22,25)/t11-,12-,13-,14-,18-,19+/m1/s1. The summed E-state index contributed by atoms with van der Waals surface area (Å²) in [6, 6.07) is 3.89. The maximum atomic E-state index is 12.9. The molecule has 3 amide bonds. The van der Waals surface area contributed by atoms with E-state index < -0.39 is 10.8 Å². The highest BCUT2D eigenvalue weighted by Crippen LogP contribution is 2.65. The van der Waals surface area contributed by atoms with Gasteiger partial charge in [0.2, 0.25) is 17.7 Å². The fourth-order valence-corrected chi connectivity index (χ4v) is 5.56. The number of likely N-dealkylation sites (tertiary alicyclic amines) is 1. The van der Waals surface area contributed by atoms with E-state index in [1.807, 2.05) is 0 Å². The molecule has 2 saturated carbocycles. The fourth-order valence-electron chi connectivity index (χ4n) is 5.56. The van der Waals surface area contributed by atoms with Gasteiger partial charge in [0.25, 0.3) is 5.69 Å². The first-order valence-electron chi connectivity index (χ1n) is 10.1. The maximum Gasteiger partial charge on any atom is 0.273 e. The van der Waals surface area contributed by atoms with Crippen LogP contribution in [0, 0.1) is 45.6 Å². The summed E-state index contributed by atoms with van der Waals surface area (Å²) in [5, 5.41) is 13.5. The van der Waals surface area contributed by atoms with Gasteiger partial charge in [0, 0.05) is 19.0 Å². The van der Waals surface area contributed by atoms with Crippen LogP contribution in [0.15, 0.2) is 30.4 Å². The topological polar surface area (TPSA) is 119 Å². The van der Waals surface area contributed by atoms with Crippen molar-refractivity contribution < 1.29 is 24.0 Å². The average Bonchev–Trinajstić information content (AvgIpc) is 3.51. The molecule has 1 aromatic rings. The SMILES string of the molecule is COc1cc([N+](=O)[O-])ccc1NC(=O)CCN1C(=O)[C@@H]2[C@@H]3C=C[C@H]([C@H]4C[C@H]34)[C@@H]2C1=O. The van der Waals surface area contributed by atoms with Gasteiger partial charge in [-0.25, -0.2) is 0 Å². The van der Waals surface area contributed by atoms with Gasteiger partial charge >= 0.3 is 0 Å². The number of benzene rings is 1. The number of ether oxygens (including phenoxy) is 1. The van der Waals surface area contributed by atoms with Crippen LogP contribution in [0.3, 0.4) is 0 Å². The maximum absolute atomic E-state index is 12.9. The fraction of sp³-hybridized carbons (Fsp3) is 0.476. The van der Waals surface area contributed by atoms with Crippen LogP contribution in [0.4, 0.5) is 11.4 Å². The molecule has 1 aromatic carbocycles. The summed E-state index contributed by atoms with van der Waals surface area (Å²) < 4.78 is 5.11. The molecule has 1 saturated heterocycles. The Labute approximate surface area is 172 Å². The van der Waals surface area contributed by atoms with Gasteiger partial charge in [-0.2, -0.15) is 0 Å². The summed E-state index contributed by atoms with van der Waals surface area (Å²) in [5.41, 5.74) is 0.144. The zero-order valence-electron chi connectivity index (χ0n) is 16.3. The molecule has 6 rings (SSSR count). The monoisotopic (exact) mass is 411 g/mol. The number of imide groups is 1. The number of methoxy groups -OCH3 is 1. The number of nitrogens with one attached hydrogen (secondary N) is 1.